The first-order valence-electron chi connectivity index (χ1n) is 5.24. The van der Waals surface area contributed by atoms with Crippen molar-refractivity contribution in [3.63, 3.8) is 0 Å². The molecule has 0 saturated carbocycles. The second-order valence-electron chi connectivity index (χ2n) is 4.47. The first-order chi connectivity index (χ1) is 7.44. The van der Waals surface area contributed by atoms with Crippen LogP contribution in [-0.4, -0.2) is 23.8 Å². The molecule has 0 fully saturated rings. The zero-order valence-electron chi connectivity index (χ0n) is 9.56. The summed E-state index contributed by atoms with van der Waals surface area (Å²) in [4.78, 5) is 0. The number of nitrogens with one attached hydrogen (secondary N) is 1. The van der Waals surface area contributed by atoms with Gasteiger partial charge in [-0.15, -0.1) is 0 Å². The lowest BCUT2D eigenvalue weighted by atomic mass is 10.1. The minimum Gasteiger partial charge on any atom is -0.394 e. The lowest BCUT2D eigenvalue weighted by molar-refractivity contribution is 0.189. The number of rotatable bonds is 5. The predicted octanol–water partition coefficient (Wildman–Crippen LogP) is 2.38. The van der Waals surface area contributed by atoms with Crippen LogP contribution >= 0.6 is 11.6 Å². The fourth-order valence-corrected chi connectivity index (χ4v) is 1.50. The maximum atomic E-state index is 12.9. The van der Waals surface area contributed by atoms with Crippen molar-refractivity contribution >= 4 is 11.6 Å². The first kappa shape index (κ1) is 13.4. The van der Waals surface area contributed by atoms with Crippen molar-refractivity contribution in [2.45, 2.75) is 25.8 Å². The van der Waals surface area contributed by atoms with Crippen LogP contribution in [0.3, 0.4) is 0 Å². The minimum absolute atomic E-state index is 0.0805. The predicted molar refractivity (Wildman–Crippen MR) is 64.3 cm³/mol. The highest BCUT2D eigenvalue weighted by molar-refractivity contribution is 6.30. The zero-order valence-corrected chi connectivity index (χ0v) is 10.3. The molecule has 1 aromatic carbocycles. The standard InChI is InChI=1S/C12H17ClFNO/c1-12(2,8-16)15-6-5-9-3-4-11(14)10(13)7-9/h3-4,7,15-16H,5-6,8H2,1-2H3. The molecule has 0 aromatic heterocycles. The number of aliphatic hydroxyl groups excluding tert-OH is 1. The van der Waals surface area contributed by atoms with Gasteiger partial charge in [-0.05, 0) is 44.5 Å². The van der Waals surface area contributed by atoms with Crippen molar-refractivity contribution in [3.8, 4) is 0 Å². The van der Waals surface area contributed by atoms with Crippen molar-refractivity contribution < 1.29 is 9.50 Å². The Morgan fingerprint density at radius 1 is 1.44 bits per heavy atom. The SMILES string of the molecule is CC(C)(CO)NCCc1ccc(F)c(Cl)c1. The van der Waals surface area contributed by atoms with Crippen molar-refractivity contribution in [3.05, 3.63) is 34.6 Å². The molecule has 1 rings (SSSR count). The largest absolute Gasteiger partial charge is 0.394 e. The van der Waals surface area contributed by atoms with Gasteiger partial charge in [-0.25, -0.2) is 4.39 Å². The number of hydrogen-bond donors (Lipinski definition) is 2. The van der Waals surface area contributed by atoms with E-state index in [1.54, 1.807) is 12.1 Å². The topological polar surface area (TPSA) is 32.3 Å². The smallest absolute Gasteiger partial charge is 0.141 e. The Balaban J connectivity index is 2.46. The van der Waals surface area contributed by atoms with Crippen LogP contribution in [0.2, 0.25) is 5.02 Å². The van der Waals surface area contributed by atoms with Gasteiger partial charge in [-0.1, -0.05) is 17.7 Å². The minimum atomic E-state index is -0.394. The summed E-state index contributed by atoms with van der Waals surface area (Å²) >= 11 is 5.67. The summed E-state index contributed by atoms with van der Waals surface area (Å²) < 4.78 is 12.9. The molecule has 0 aliphatic heterocycles. The summed E-state index contributed by atoms with van der Waals surface area (Å²) in [5, 5.41) is 12.4. The second-order valence-corrected chi connectivity index (χ2v) is 4.87. The van der Waals surface area contributed by atoms with Crippen molar-refractivity contribution in [1.82, 2.24) is 5.32 Å². The number of halogens is 2. The van der Waals surface area contributed by atoms with Gasteiger partial charge in [0.05, 0.1) is 11.6 Å². The first-order valence-corrected chi connectivity index (χ1v) is 5.62. The maximum absolute atomic E-state index is 12.9. The average Bonchev–Trinajstić information content (AvgIpc) is 2.23. The van der Waals surface area contributed by atoms with Gasteiger partial charge in [-0.3, -0.25) is 0 Å². The number of aliphatic hydroxyl groups is 1. The van der Waals surface area contributed by atoms with Gasteiger partial charge >= 0.3 is 0 Å². The van der Waals surface area contributed by atoms with Gasteiger partial charge in [0.2, 0.25) is 0 Å². The van der Waals surface area contributed by atoms with E-state index < -0.39 is 5.82 Å². The lowest BCUT2D eigenvalue weighted by Gasteiger charge is -2.23. The third-order valence-corrected chi connectivity index (χ3v) is 2.69. The zero-order chi connectivity index (χ0) is 12.2. The highest BCUT2D eigenvalue weighted by Gasteiger charge is 2.14. The summed E-state index contributed by atoms with van der Waals surface area (Å²) in [5.41, 5.74) is 0.691. The number of benzene rings is 1. The molecule has 0 radical (unpaired) electrons. The van der Waals surface area contributed by atoms with Gasteiger partial charge in [0.1, 0.15) is 5.82 Å². The van der Waals surface area contributed by atoms with Crippen LogP contribution in [0.15, 0.2) is 18.2 Å². The fraction of sp³-hybridized carbons (Fsp3) is 0.500. The van der Waals surface area contributed by atoms with E-state index >= 15 is 0 Å². The summed E-state index contributed by atoms with van der Waals surface area (Å²) in [7, 11) is 0. The van der Waals surface area contributed by atoms with Crippen LogP contribution in [0.5, 0.6) is 0 Å². The molecule has 0 aliphatic carbocycles. The van der Waals surface area contributed by atoms with Crippen molar-refractivity contribution in [2.75, 3.05) is 13.2 Å². The molecule has 0 saturated heterocycles. The fourth-order valence-electron chi connectivity index (χ4n) is 1.30. The molecule has 16 heavy (non-hydrogen) atoms. The van der Waals surface area contributed by atoms with Crippen LogP contribution in [-0.2, 0) is 6.42 Å². The molecule has 4 heteroatoms. The molecule has 1 aromatic rings. The van der Waals surface area contributed by atoms with Gasteiger partial charge < -0.3 is 10.4 Å². The molecule has 90 valence electrons. The molecular formula is C12H17ClFNO. The molecule has 0 spiro atoms. The average molecular weight is 246 g/mol. The summed E-state index contributed by atoms with van der Waals surface area (Å²) in [5.74, 6) is -0.394. The van der Waals surface area contributed by atoms with E-state index in [2.05, 4.69) is 5.32 Å². The molecule has 0 atom stereocenters. The van der Waals surface area contributed by atoms with E-state index in [-0.39, 0.29) is 17.2 Å². The summed E-state index contributed by atoms with van der Waals surface area (Å²) in [6, 6.07) is 4.72. The van der Waals surface area contributed by atoms with Gasteiger partial charge in [0.25, 0.3) is 0 Å². The normalized spacial score (nSPS) is 11.8. The van der Waals surface area contributed by atoms with E-state index in [0.29, 0.717) is 0 Å². The van der Waals surface area contributed by atoms with E-state index in [1.807, 2.05) is 13.8 Å². The van der Waals surface area contributed by atoms with Gasteiger partial charge in [-0.2, -0.15) is 0 Å². The van der Waals surface area contributed by atoms with E-state index in [4.69, 9.17) is 16.7 Å². The summed E-state index contributed by atoms with van der Waals surface area (Å²) in [6.45, 7) is 4.64. The molecule has 0 bridgehead atoms. The Hall–Kier alpha value is -0.640. The molecule has 0 aliphatic rings. The van der Waals surface area contributed by atoms with Crippen LogP contribution in [0.1, 0.15) is 19.4 Å². The Morgan fingerprint density at radius 2 is 2.12 bits per heavy atom. The van der Waals surface area contributed by atoms with Gasteiger partial charge in [0, 0.05) is 5.54 Å². The highest BCUT2D eigenvalue weighted by atomic mass is 35.5. The van der Waals surface area contributed by atoms with E-state index in [0.717, 1.165) is 18.5 Å². The van der Waals surface area contributed by atoms with Crippen molar-refractivity contribution in [2.24, 2.45) is 0 Å². The van der Waals surface area contributed by atoms with Crippen LogP contribution in [0, 0.1) is 5.82 Å². The third kappa shape index (κ3) is 4.08. The molecular weight excluding hydrogens is 229 g/mol. The van der Waals surface area contributed by atoms with E-state index in [9.17, 15) is 4.39 Å². The quantitative estimate of drug-likeness (QED) is 0.835. The van der Waals surface area contributed by atoms with E-state index in [1.165, 1.54) is 6.07 Å². The lowest BCUT2D eigenvalue weighted by Crippen LogP contribution is -2.43. The monoisotopic (exact) mass is 245 g/mol. The summed E-state index contributed by atoms with van der Waals surface area (Å²) in [6.07, 6.45) is 0.753. The third-order valence-electron chi connectivity index (χ3n) is 2.40. The van der Waals surface area contributed by atoms with Crippen molar-refractivity contribution in [1.29, 1.82) is 0 Å². The Morgan fingerprint density at radius 3 is 2.69 bits per heavy atom. The second kappa shape index (κ2) is 5.62. The maximum Gasteiger partial charge on any atom is 0.141 e. The Bertz CT molecular complexity index is 355. The van der Waals surface area contributed by atoms with Crippen LogP contribution < -0.4 is 5.32 Å². The van der Waals surface area contributed by atoms with Crippen LogP contribution in [0.4, 0.5) is 4.39 Å². The molecule has 2 N–H and O–H groups in total. The molecule has 2 nitrogen and oxygen atoms in total. The van der Waals surface area contributed by atoms with Gasteiger partial charge in [0.15, 0.2) is 0 Å². The van der Waals surface area contributed by atoms with Crippen LogP contribution in [0.25, 0.3) is 0 Å². The number of hydrogen-bond acceptors (Lipinski definition) is 2. The molecule has 0 unspecified atom stereocenters. The molecule has 0 heterocycles. The Kier molecular flexibility index (Phi) is 4.71. The Labute approximate surface area is 100 Å². The molecule has 0 amide bonds. The highest BCUT2D eigenvalue weighted by Crippen LogP contribution is 2.16.